The van der Waals surface area contributed by atoms with Crippen molar-refractivity contribution in [1.82, 2.24) is 0 Å². The average Bonchev–Trinajstić information content (AvgIpc) is 2.89. The number of aryl methyl sites for hydroxylation is 1. The van der Waals surface area contributed by atoms with Crippen LogP contribution in [-0.2, 0) is 22.4 Å². The van der Waals surface area contributed by atoms with Gasteiger partial charge in [-0.2, -0.15) is 0 Å². The molecule has 218 valence electrons. The molecular formula is C36H50O4. The molecule has 0 fully saturated rings. The minimum absolute atomic E-state index is 0.000772. The zero-order valence-electron chi connectivity index (χ0n) is 26.1. The first-order valence-electron chi connectivity index (χ1n) is 15.3. The molecule has 0 saturated heterocycles. The van der Waals surface area contributed by atoms with Crippen LogP contribution >= 0.6 is 0 Å². The molecule has 3 unspecified atom stereocenters. The molecule has 1 aliphatic carbocycles. The van der Waals surface area contributed by atoms with Crippen LogP contribution in [0.2, 0.25) is 0 Å². The monoisotopic (exact) mass is 546 g/mol. The van der Waals surface area contributed by atoms with Crippen LogP contribution in [0.15, 0.2) is 30.3 Å². The Morgan fingerprint density at radius 3 is 2.20 bits per heavy atom. The molecule has 2 aromatic carbocycles. The summed E-state index contributed by atoms with van der Waals surface area (Å²) in [5.74, 6) is 0.341. The zero-order valence-corrected chi connectivity index (χ0v) is 26.1. The zero-order chi connectivity index (χ0) is 30.0. The lowest BCUT2D eigenvalue weighted by Crippen LogP contribution is -2.30. The molecule has 0 aliphatic heterocycles. The molecule has 1 aliphatic rings. The van der Waals surface area contributed by atoms with Crippen LogP contribution in [0.25, 0.3) is 11.1 Å². The van der Waals surface area contributed by atoms with Crippen molar-refractivity contribution in [2.45, 2.75) is 113 Å². The molecule has 2 aromatic rings. The highest BCUT2D eigenvalue weighted by Crippen LogP contribution is 2.41. The van der Waals surface area contributed by atoms with Gasteiger partial charge in [0.2, 0.25) is 0 Å². The minimum atomic E-state index is -0.142. The maximum Gasteiger partial charge on any atom is 0.163 e. The Morgan fingerprint density at radius 1 is 0.975 bits per heavy atom. The van der Waals surface area contributed by atoms with Crippen LogP contribution in [-0.4, -0.2) is 23.1 Å². The summed E-state index contributed by atoms with van der Waals surface area (Å²) in [7, 11) is 0. The van der Waals surface area contributed by atoms with Crippen molar-refractivity contribution in [3.63, 3.8) is 0 Å². The molecular weight excluding hydrogens is 496 g/mol. The molecule has 0 N–H and O–H groups in total. The second-order valence-electron chi connectivity index (χ2n) is 11.6. The van der Waals surface area contributed by atoms with E-state index in [0.29, 0.717) is 12.0 Å². The van der Waals surface area contributed by atoms with E-state index in [1.165, 1.54) is 18.9 Å². The fraction of sp³-hybridized carbons (Fsp3) is 0.556. The van der Waals surface area contributed by atoms with E-state index in [0.717, 1.165) is 66.3 Å². The van der Waals surface area contributed by atoms with Crippen molar-refractivity contribution in [1.29, 1.82) is 0 Å². The Morgan fingerprint density at radius 2 is 1.65 bits per heavy atom. The van der Waals surface area contributed by atoms with Crippen molar-refractivity contribution in [3.05, 3.63) is 58.1 Å². The van der Waals surface area contributed by atoms with Gasteiger partial charge in [-0.15, -0.1) is 0 Å². The summed E-state index contributed by atoms with van der Waals surface area (Å²) in [6.45, 7) is 15.6. The van der Waals surface area contributed by atoms with Gasteiger partial charge in [-0.1, -0.05) is 78.1 Å². The first-order chi connectivity index (χ1) is 19.0. The van der Waals surface area contributed by atoms with Gasteiger partial charge in [-0.3, -0.25) is 19.2 Å². The maximum atomic E-state index is 13.6. The number of ketones is 4. The topological polar surface area (TPSA) is 68.3 Å². The predicted molar refractivity (Wildman–Crippen MR) is 165 cm³/mol. The van der Waals surface area contributed by atoms with E-state index in [4.69, 9.17) is 0 Å². The fourth-order valence-electron chi connectivity index (χ4n) is 6.39. The summed E-state index contributed by atoms with van der Waals surface area (Å²) < 4.78 is 0. The van der Waals surface area contributed by atoms with Gasteiger partial charge in [-0.05, 0) is 92.2 Å². The van der Waals surface area contributed by atoms with Crippen LogP contribution in [0, 0.1) is 24.7 Å². The van der Waals surface area contributed by atoms with Gasteiger partial charge >= 0.3 is 0 Å². The molecule has 3 rings (SSSR count). The highest BCUT2D eigenvalue weighted by atomic mass is 16.1. The summed E-state index contributed by atoms with van der Waals surface area (Å²) in [5, 5.41) is 0. The second kappa shape index (κ2) is 15.8. The van der Waals surface area contributed by atoms with Crippen LogP contribution in [0.4, 0.5) is 0 Å². The van der Waals surface area contributed by atoms with Crippen molar-refractivity contribution in [2.75, 3.05) is 0 Å². The molecule has 0 saturated carbocycles. The van der Waals surface area contributed by atoms with Gasteiger partial charge in [0.1, 0.15) is 11.6 Å². The Bertz CT molecular complexity index is 1210. The highest BCUT2D eigenvalue weighted by Gasteiger charge is 2.34. The molecule has 0 aromatic heterocycles. The third-order valence-electron chi connectivity index (χ3n) is 8.15. The van der Waals surface area contributed by atoms with Crippen LogP contribution in [0.1, 0.15) is 131 Å². The number of rotatable bonds is 12. The van der Waals surface area contributed by atoms with Gasteiger partial charge in [0, 0.05) is 23.5 Å². The third kappa shape index (κ3) is 8.32. The largest absolute Gasteiger partial charge is 0.300 e. The smallest absolute Gasteiger partial charge is 0.163 e. The van der Waals surface area contributed by atoms with Gasteiger partial charge in [0.25, 0.3) is 0 Å². The lowest BCUT2D eigenvalue weighted by molar-refractivity contribution is -0.129. The summed E-state index contributed by atoms with van der Waals surface area (Å²) in [6.07, 6.45) is 6.77. The van der Waals surface area contributed by atoms with Crippen molar-refractivity contribution in [2.24, 2.45) is 17.8 Å². The van der Waals surface area contributed by atoms with Gasteiger partial charge in [0.15, 0.2) is 11.6 Å². The number of benzene rings is 2. The van der Waals surface area contributed by atoms with Crippen LogP contribution in [0.3, 0.4) is 0 Å². The Kier molecular flexibility index (Phi) is 13.2. The quantitative estimate of drug-likeness (QED) is 0.197. The summed E-state index contributed by atoms with van der Waals surface area (Å²) in [6, 6.07) is 9.92. The van der Waals surface area contributed by atoms with Gasteiger partial charge in [-0.25, -0.2) is 0 Å². The molecule has 4 nitrogen and oxygen atoms in total. The minimum Gasteiger partial charge on any atom is -0.300 e. The van der Waals surface area contributed by atoms with E-state index in [-0.39, 0.29) is 47.3 Å². The van der Waals surface area contributed by atoms with E-state index in [1.807, 2.05) is 31.2 Å². The number of Topliss-reactive ketones (excluding diaryl/α,β-unsaturated/α-hetero) is 4. The van der Waals surface area contributed by atoms with E-state index in [9.17, 15) is 19.2 Å². The SMILES string of the molecule is CCC.CCCC(CC1CC(=O)c2c(C)c(CC)cc(-c3cccc(C(C)=O)c3)c2C1)C(CC)C(=O)CC(C)=O. The molecule has 40 heavy (non-hydrogen) atoms. The molecule has 3 atom stereocenters. The molecule has 0 bridgehead atoms. The van der Waals surface area contributed by atoms with E-state index >= 15 is 0 Å². The van der Waals surface area contributed by atoms with E-state index in [1.54, 1.807) is 6.92 Å². The third-order valence-corrected chi connectivity index (χ3v) is 8.15. The van der Waals surface area contributed by atoms with Crippen molar-refractivity contribution < 1.29 is 19.2 Å². The molecule has 0 spiro atoms. The van der Waals surface area contributed by atoms with Crippen molar-refractivity contribution >= 4 is 23.1 Å². The number of hydrogen-bond acceptors (Lipinski definition) is 4. The number of hydrogen-bond donors (Lipinski definition) is 0. The first-order valence-corrected chi connectivity index (χ1v) is 15.3. The summed E-state index contributed by atoms with van der Waals surface area (Å²) >= 11 is 0. The van der Waals surface area contributed by atoms with Crippen LogP contribution < -0.4 is 0 Å². The van der Waals surface area contributed by atoms with Crippen molar-refractivity contribution in [3.8, 4) is 11.1 Å². The predicted octanol–water partition coefficient (Wildman–Crippen LogP) is 8.97. The van der Waals surface area contributed by atoms with E-state index in [2.05, 4.69) is 40.7 Å². The number of fused-ring (bicyclic) bond motifs is 1. The van der Waals surface area contributed by atoms with Gasteiger partial charge in [0.05, 0.1) is 6.42 Å². The standard InChI is InChI=1S/C33H42O4.C3H8/c1-7-11-26(28(9-3)31(36)14-20(4)34)15-23-16-30-29(27-13-10-12-25(18-27)22(6)35)19-24(8-2)21(5)33(30)32(37)17-23;1-3-2/h10,12-13,18-19,23,26,28H,7-9,11,14-17H2,1-6H3;3H2,1-2H3. The number of carbonyl (C=O) groups is 4. The lowest BCUT2D eigenvalue weighted by Gasteiger charge is -2.33. The molecule has 0 heterocycles. The highest BCUT2D eigenvalue weighted by molar-refractivity contribution is 6.03. The average molecular weight is 547 g/mol. The Labute approximate surface area is 242 Å². The number of carbonyl (C=O) groups excluding carboxylic acids is 4. The van der Waals surface area contributed by atoms with E-state index < -0.39 is 0 Å². The normalized spacial score (nSPS) is 15.9. The molecule has 4 heteroatoms. The molecule has 0 amide bonds. The summed E-state index contributed by atoms with van der Waals surface area (Å²) in [5.41, 5.74) is 6.85. The second-order valence-corrected chi connectivity index (χ2v) is 11.6. The summed E-state index contributed by atoms with van der Waals surface area (Å²) in [4.78, 5) is 50.3. The first kappa shape index (κ1) is 33.3. The molecule has 0 radical (unpaired) electrons. The maximum absolute atomic E-state index is 13.6. The fourth-order valence-corrected chi connectivity index (χ4v) is 6.39. The Hall–Kier alpha value is -2.88. The van der Waals surface area contributed by atoms with Crippen LogP contribution in [0.5, 0.6) is 0 Å². The lowest BCUT2D eigenvalue weighted by atomic mass is 9.70. The Balaban J connectivity index is 0.00000178. The van der Waals surface area contributed by atoms with Gasteiger partial charge < -0.3 is 0 Å².